The molecule has 4 nitrogen and oxygen atoms in total. The van der Waals surface area contributed by atoms with Gasteiger partial charge in [-0.25, -0.2) is 4.79 Å². The van der Waals surface area contributed by atoms with Crippen LogP contribution in [0.15, 0.2) is 0 Å². The molecule has 2 N–H and O–H groups in total. The van der Waals surface area contributed by atoms with Gasteiger partial charge in [0.1, 0.15) is 5.60 Å². The predicted octanol–water partition coefficient (Wildman–Crippen LogP) is 2.24. The summed E-state index contributed by atoms with van der Waals surface area (Å²) in [5.41, 5.74) is -0.0164. The minimum Gasteiger partial charge on any atom is -0.444 e. The molecule has 2 fully saturated rings. The van der Waals surface area contributed by atoms with Crippen LogP contribution in [0.1, 0.15) is 33.6 Å². The molecule has 2 saturated heterocycles. The zero-order valence-corrected chi connectivity index (χ0v) is 13.1. The average Bonchev–Trinajstić information content (AvgIpc) is 2.68. The molecule has 5 heteroatoms. The smallest absolute Gasteiger partial charge is 0.407 e. The van der Waals surface area contributed by atoms with Crippen molar-refractivity contribution < 1.29 is 9.53 Å². The summed E-state index contributed by atoms with van der Waals surface area (Å²) >= 11 is 2.05. The van der Waals surface area contributed by atoms with Gasteiger partial charge in [0.25, 0.3) is 0 Å². The third-order valence-electron chi connectivity index (χ3n) is 4.11. The summed E-state index contributed by atoms with van der Waals surface area (Å²) in [5.74, 6) is 3.05. The SMILES string of the molecule is CC(C)(C)OC(=O)NCC1CNCC12CCSCC2. The van der Waals surface area contributed by atoms with Crippen molar-refractivity contribution >= 4 is 17.9 Å². The molecule has 2 aliphatic rings. The van der Waals surface area contributed by atoms with E-state index < -0.39 is 5.60 Å². The summed E-state index contributed by atoms with van der Waals surface area (Å²) in [5, 5.41) is 6.45. The molecule has 0 aliphatic carbocycles. The van der Waals surface area contributed by atoms with Gasteiger partial charge in [0.2, 0.25) is 0 Å². The van der Waals surface area contributed by atoms with Crippen LogP contribution in [0.3, 0.4) is 0 Å². The lowest BCUT2D eigenvalue weighted by Gasteiger charge is -2.38. The highest BCUT2D eigenvalue weighted by Gasteiger charge is 2.43. The number of amides is 1. The van der Waals surface area contributed by atoms with E-state index in [1.807, 2.05) is 20.8 Å². The van der Waals surface area contributed by atoms with E-state index >= 15 is 0 Å². The number of carbonyl (C=O) groups is 1. The van der Waals surface area contributed by atoms with Crippen molar-refractivity contribution in [2.75, 3.05) is 31.1 Å². The number of nitrogens with one attached hydrogen (secondary N) is 2. The Balaban J connectivity index is 1.83. The lowest BCUT2D eigenvalue weighted by atomic mass is 9.73. The molecule has 0 radical (unpaired) electrons. The Morgan fingerprint density at radius 1 is 1.42 bits per heavy atom. The number of hydrogen-bond acceptors (Lipinski definition) is 4. The van der Waals surface area contributed by atoms with E-state index in [0.717, 1.165) is 19.6 Å². The molecule has 2 heterocycles. The predicted molar refractivity (Wildman–Crippen MR) is 79.6 cm³/mol. The molecule has 110 valence electrons. The van der Waals surface area contributed by atoms with Crippen molar-refractivity contribution in [2.24, 2.45) is 11.3 Å². The number of hydrogen-bond donors (Lipinski definition) is 2. The third-order valence-corrected chi connectivity index (χ3v) is 5.10. The molecule has 1 atom stereocenters. The van der Waals surface area contributed by atoms with E-state index in [4.69, 9.17) is 4.74 Å². The molecule has 2 aliphatic heterocycles. The first-order chi connectivity index (χ1) is 8.91. The van der Waals surface area contributed by atoms with Crippen LogP contribution >= 0.6 is 11.8 Å². The number of alkyl carbamates (subject to hydrolysis) is 1. The van der Waals surface area contributed by atoms with Crippen molar-refractivity contribution in [3.05, 3.63) is 0 Å². The van der Waals surface area contributed by atoms with Crippen LogP contribution < -0.4 is 10.6 Å². The fraction of sp³-hybridized carbons (Fsp3) is 0.929. The van der Waals surface area contributed by atoms with Crippen molar-refractivity contribution in [1.29, 1.82) is 0 Å². The maximum Gasteiger partial charge on any atom is 0.407 e. The minimum absolute atomic E-state index is 0.292. The van der Waals surface area contributed by atoms with Crippen LogP contribution in [-0.4, -0.2) is 42.8 Å². The van der Waals surface area contributed by atoms with Gasteiger partial charge in [-0.15, -0.1) is 0 Å². The Morgan fingerprint density at radius 2 is 2.11 bits per heavy atom. The zero-order valence-electron chi connectivity index (χ0n) is 12.3. The minimum atomic E-state index is -0.419. The first-order valence-electron chi connectivity index (χ1n) is 7.17. The van der Waals surface area contributed by atoms with E-state index in [-0.39, 0.29) is 6.09 Å². The second-order valence-corrected chi connectivity index (χ2v) is 7.91. The molecule has 1 unspecified atom stereocenters. The monoisotopic (exact) mass is 286 g/mol. The first-order valence-corrected chi connectivity index (χ1v) is 8.32. The van der Waals surface area contributed by atoms with Gasteiger partial charge in [-0.2, -0.15) is 11.8 Å². The summed E-state index contributed by atoms with van der Waals surface area (Å²) in [4.78, 5) is 11.7. The highest BCUT2D eigenvalue weighted by molar-refractivity contribution is 7.99. The fourth-order valence-electron chi connectivity index (χ4n) is 3.03. The largest absolute Gasteiger partial charge is 0.444 e. The van der Waals surface area contributed by atoms with Crippen LogP contribution in [0.4, 0.5) is 4.79 Å². The maximum absolute atomic E-state index is 11.7. The lowest BCUT2D eigenvalue weighted by Crippen LogP contribution is -2.42. The van der Waals surface area contributed by atoms with Gasteiger partial charge in [0, 0.05) is 19.6 Å². The maximum atomic E-state index is 11.7. The Hall–Kier alpha value is -0.420. The van der Waals surface area contributed by atoms with Gasteiger partial charge in [-0.3, -0.25) is 0 Å². The van der Waals surface area contributed by atoms with E-state index in [2.05, 4.69) is 22.4 Å². The average molecular weight is 286 g/mol. The molecular weight excluding hydrogens is 260 g/mol. The highest BCUT2D eigenvalue weighted by Crippen LogP contribution is 2.43. The molecule has 0 aromatic rings. The molecule has 1 spiro atoms. The molecule has 19 heavy (non-hydrogen) atoms. The fourth-order valence-corrected chi connectivity index (χ4v) is 4.33. The van der Waals surface area contributed by atoms with Crippen LogP contribution in [-0.2, 0) is 4.74 Å². The molecule has 1 amide bonds. The Kier molecular flexibility index (Phi) is 4.66. The van der Waals surface area contributed by atoms with E-state index in [1.54, 1.807) is 0 Å². The lowest BCUT2D eigenvalue weighted by molar-refractivity contribution is 0.0505. The second-order valence-electron chi connectivity index (χ2n) is 6.69. The van der Waals surface area contributed by atoms with Gasteiger partial charge in [0.15, 0.2) is 0 Å². The third kappa shape index (κ3) is 4.02. The van der Waals surface area contributed by atoms with Crippen LogP contribution in [0.25, 0.3) is 0 Å². The molecule has 0 aromatic heterocycles. The van der Waals surface area contributed by atoms with Crippen molar-refractivity contribution in [3.63, 3.8) is 0 Å². The molecule has 0 bridgehead atoms. The number of ether oxygens (including phenoxy) is 1. The van der Waals surface area contributed by atoms with Gasteiger partial charge in [0.05, 0.1) is 0 Å². The number of carbonyl (C=O) groups excluding carboxylic acids is 1. The van der Waals surface area contributed by atoms with Crippen molar-refractivity contribution in [2.45, 2.75) is 39.2 Å². The normalized spacial score (nSPS) is 26.4. The standard InChI is InChI=1S/C14H26N2O2S/c1-13(2,3)18-12(17)16-9-11-8-15-10-14(11)4-6-19-7-5-14/h11,15H,4-10H2,1-3H3,(H,16,17). The van der Waals surface area contributed by atoms with Gasteiger partial charge < -0.3 is 15.4 Å². The van der Waals surface area contributed by atoms with E-state index in [0.29, 0.717) is 11.3 Å². The van der Waals surface area contributed by atoms with E-state index in [1.165, 1.54) is 24.3 Å². The Bertz CT molecular complexity index is 322. The van der Waals surface area contributed by atoms with Gasteiger partial charge in [-0.05, 0) is 56.5 Å². The number of rotatable bonds is 2. The topological polar surface area (TPSA) is 50.4 Å². The molecular formula is C14H26N2O2S. The summed E-state index contributed by atoms with van der Waals surface area (Å²) in [7, 11) is 0. The zero-order chi connectivity index (χ0) is 13.9. The van der Waals surface area contributed by atoms with Crippen LogP contribution in [0.2, 0.25) is 0 Å². The summed E-state index contributed by atoms with van der Waals surface area (Å²) in [6, 6.07) is 0. The first kappa shape index (κ1) is 15.0. The number of thioether (sulfide) groups is 1. The molecule has 0 aromatic carbocycles. The highest BCUT2D eigenvalue weighted by atomic mass is 32.2. The summed E-state index contributed by atoms with van der Waals surface area (Å²) in [6.07, 6.45) is 2.25. The Labute approximate surface area is 120 Å². The van der Waals surface area contributed by atoms with E-state index in [9.17, 15) is 4.79 Å². The molecule has 2 rings (SSSR count). The summed E-state index contributed by atoms with van der Waals surface area (Å²) in [6.45, 7) is 8.53. The summed E-state index contributed by atoms with van der Waals surface area (Å²) < 4.78 is 5.30. The van der Waals surface area contributed by atoms with Crippen molar-refractivity contribution in [1.82, 2.24) is 10.6 Å². The quantitative estimate of drug-likeness (QED) is 0.817. The van der Waals surface area contributed by atoms with Crippen molar-refractivity contribution in [3.8, 4) is 0 Å². The van der Waals surface area contributed by atoms with Gasteiger partial charge in [-0.1, -0.05) is 0 Å². The Morgan fingerprint density at radius 3 is 2.74 bits per heavy atom. The van der Waals surface area contributed by atoms with Gasteiger partial charge >= 0.3 is 6.09 Å². The second kappa shape index (κ2) is 5.92. The van der Waals surface area contributed by atoms with Crippen LogP contribution in [0, 0.1) is 11.3 Å². The molecule has 0 saturated carbocycles. The van der Waals surface area contributed by atoms with Crippen LogP contribution in [0.5, 0.6) is 0 Å².